The van der Waals surface area contributed by atoms with E-state index in [0.717, 1.165) is 5.69 Å². The van der Waals surface area contributed by atoms with E-state index in [0.29, 0.717) is 12.0 Å². The van der Waals surface area contributed by atoms with Gasteiger partial charge in [0.15, 0.2) is 4.50 Å². The maximum atomic E-state index is 8.45. The average molecular weight is 188 g/mol. The molecule has 0 radical (unpaired) electrons. The minimum absolute atomic E-state index is 0.121. The zero-order chi connectivity index (χ0) is 8.10. The second-order valence-electron chi connectivity index (χ2n) is 1.79. The molecule has 0 aliphatic carbocycles. The van der Waals surface area contributed by atoms with Gasteiger partial charge in [-0.2, -0.15) is 0 Å². The fraction of sp³-hybridized carbons (Fsp3) is 0. The summed E-state index contributed by atoms with van der Waals surface area (Å²) in [5, 5.41) is 0. The maximum Gasteiger partial charge on any atom is 0.190 e. The molecule has 11 heavy (non-hydrogen) atoms. The fourth-order valence-corrected chi connectivity index (χ4v) is 0.868. The maximum absolute atomic E-state index is 8.45. The molecule has 0 bridgehead atoms. The molecule has 0 unspecified atom stereocenters. The largest absolute Gasteiger partial charge is 0.324 e. The number of rotatable bonds is 1. The third-order valence-corrected chi connectivity index (χ3v) is 1.58. The molecule has 58 valence electrons. The number of benzene rings is 1. The number of halogens is 1. The third-order valence-electron chi connectivity index (χ3n) is 1.05. The van der Waals surface area contributed by atoms with Crippen LogP contribution in [-0.4, -0.2) is 9.06 Å². The Kier molecular flexibility index (Phi) is 3.42. The van der Waals surface area contributed by atoms with E-state index in [2.05, 4.69) is 4.99 Å². The van der Waals surface area contributed by atoms with Gasteiger partial charge in [-0.05, 0) is 12.1 Å². The molecule has 0 saturated heterocycles. The Morgan fingerprint density at radius 2 is 2.00 bits per heavy atom. The first kappa shape index (κ1) is 8.59. The predicted molar refractivity (Wildman–Crippen MR) is 49.6 cm³/mol. The third kappa shape index (κ3) is 2.93. The molecule has 0 fully saturated rings. The van der Waals surface area contributed by atoms with Crippen LogP contribution in [0.2, 0.25) is 0 Å². The van der Waals surface area contributed by atoms with E-state index in [9.17, 15) is 0 Å². The summed E-state index contributed by atoms with van der Waals surface area (Å²) in [6.07, 6.45) is 0. The van der Waals surface area contributed by atoms with Crippen molar-refractivity contribution in [2.24, 2.45) is 4.99 Å². The van der Waals surface area contributed by atoms with Crippen molar-refractivity contribution in [1.82, 2.24) is 0 Å². The van der Waals surface area contributed by atoms with E-state index in [-0.39, 0.29) is 4.50 Å². The normalized spacial score (nSPS) is 11.6. The van der Waals surface area contributed by atoms with Gasteiger partial charge in [0.05, 0.1) is 17.7 Å². The van der Waals surface area contributed by atoms with Crippen LogP contribution >= 0.6 is 23.6 Å². The van der Waals surface area contributed by atoms with Gasteiger partial charge in [-0.3, -0.25) is 0 Å². The molecule has 1 N–H and O–H groups in total. The zero-order valence-electron chi connectivity index (χ0n) is 5.57. The number of para-hydroxylation sites is 1. The lowest BCUT2D eigenvalue weighted by atomic mass is 10.3. The monoisotopic (exact) mass is 187 g/mol. The van der Waals surface area contributed by atoms with Gasteiger partial charge in [0, 0.05) is 0 Å². The van der Waals surface area contributed by atoms with E-state index >= 15 is 0 Å². The summed E-state index contributed by atoms with van der Waals surface area (Å²) in [6.45, 7) is 0. The molecular formula is C7H6ClNOS. The van der Waals surface area contributed by atoms with E-state index in [4.69, 9.17) is 16.2 Å². The lowest BCUT2D eigenvalue weighted by molar-refractivity contribution is 0.674. The van der Waals surface area contributed by atoms with Gasteiger partial charge in [-0.25, -0.2) is 4.99 Å². The lowest BCUT2D eigenvalue weighted by Crippen LogP contribution is -1.74. The number of nitrogens with zero attached hydrogens (tertiary/aromatic N) is 1. The number of hydrogen-bond acceptors (Lipinski definition) is 3. The standard InChI is InChI=1S/C7H6ClNOS/c8-7(11-10)9-6-4-2-1-3-5-6/h1-5,10H. The van der Waals surface area contributed by atoms with Crippen LogP contribution in [0.5, 0.6) is 0 Å². The van der Waals surface area contributed by atoms with Crippen LogP contribution in [-0.2, 0) is 0 Å². The van der Waals surface area contributed by atoms with Crippen molar-refractivity contribution in [3.05, 3.63) is 30.3 Å². The molecule has 0 aliphatic heterocycles. The van der Waals surface area contributed by atoms with E-state index in [1.54, 1.807) is 12.1 Å². The quantitative estimate of drug-likeness (QED) is 0.416. The Labute approximate surface area is 74.1 Å². The molecule has 1 rings (SSSR count). The molecule has 0 amide bonds. The minimum Gasteiger partial charge on any atom is -0.324 e. The van der Waals surface area contributed by atoms with Gasteiger partial charge < -0.3 is 4.55 Å². The molecular weight excluding hydrogens is 182 g/mol. The lowest BCUT2D eigenvalue weighted by Gasteiger charge is -1.91. The van der Waals surface area contributed by atoms with E-state index < -0.39 is 0 Å². The van der Waals surface area contributed by atoms with Crippen LogP contribution in [0.25, 0.3) is 0 Å². The van der Waals surface area contributed by atoms with Gasteiger partial charge in [0.1, 0.15) is 0 Å². The van der Waals surface area contributed by atoms with Gasteiger partial charge >= 0.3 is 0 Å². The summed E-state index contributed by atoms with van der Waals surface area (Å²) in [7, 11) is 0. The van der Waals surface area contributed by atoms with Crippen LogP contribution in [0.3, 0.4) is 0 Å². The van der Waals surface area contributed by atoms with Crippen molar-refractivity contribution >= 4 is 33.8 Å². The van der Waals surface area contributed by atoms with Crippen LogP contribution < -0.4 is 0 Å². The summed E-state index contributed by atoms with van der Waals surface area (Å²) in [6, 6.07) is 9.20. The molecule has 0 heterocycles. The van der Waals surface area contributed by atoms with Crippen molar-refractivity contribution in [2.75, 3.05) is 0 Å². The Balaban J connectivity index is 2.79. The van der Waals surface area contributed by atoms with Crippen molar-refractivity contribution in [1.29, 1.82) is 0 Å². The highest BCUT2D eigenvalue weighted by Gasteiger charge is 1.91. The molecule has 0 atom stereocenters. The van der Waals surface area contributed by atoms with Crippen LogP contribution in [0.1, 0.15) is 0 Å². The summed E-state index contributed by atoms with van der Waals surface area (Å²) in [5.41, 5.74) is 0.735. The Morgan fingerprint density at radius 3 is 2.55 bits per heavy atom. The Morgan fingerprint density at radius 1 is 1.36 bits per heavy atom. The van der Waals surface area contributed by atoms with Crippen molar-refractivity contribution in [3.8, 4) is 0 Å². The molecule has 0 aromatic heterocycles. The summed E-state index contributed by atoms with van der Waals surface area (Å²) >= 11 is 5.90. The van der Waals surface area contributed by atoms with Crippen LogP contribution in [0, 0.1) is 0 Å². The first-order valence-corrected chi connectivity index (χ1v) is 4.08. The van der Waals surface area contributed by atoms with Crippen molar-refractivity contribution in [2.45, 2.75) is 0 Å². The highest BCUT2D eigenvalue weighted by Crippen LogP contribution is 2.14. The van der Waals surface area contributed by atoms with Gasteiger partial charge in [0.25, 0.3) is 0 Å². The molecule has 4 heteroatoms. The zero-order valence-corrected chi connectivity index (χ0v) is 7.14. The highest BCUT2D eigenvalue weighted by atomic mass is 35.5. The van der Waals surface area contributed by atoms with Gasteiger partial charge in [-0.15, -0.1) is 0 Å². The summed E-state index contributed by atoms with van der Waals surface area (Å²) < 4.78 is 8.57. The van der Waals surface area contributed by atoms with Crippen molar-refractivity contribution < 1.29 is 4.55 Å². The first-order valence-electron chi connectivity index (χ1n) is 2.93. The topological polar surface area (TPSA) is 32.6 Å². The molecule has 0 saturated carbocycles. The van der Waals surface area contributed by atoms with E-state index in [1.165, 1.54) is 0 Å². The van der Waals surface area contributed by atoms with Gasteiger partial charge in [-0.1, -0.05) is 29.8 Å². The average Bonchev–Trinajstić information content (AvgIpc) is 2.06. The molecule has 1 aromatic rings. The van der Waals surface area contributed by atoms with Gasteiger partial charge in [0.2, 0.25) is 0 Å². The highest BCUT2D eigenvalue weighted by molar-refractivity contribution is 8.12. The second kappa shape index (κ2) is 4.38. The smallest absolute Gasteiger partial charge is 0.190 e. The first-order chi connectivity index (χ1) is 5.33. The van der Waals surface area contributed by atoms with Crippen LogP contribution in [0.15, 0.2) is 35.3 Å². The molecule has 0 aliphatic rings. The molecule has 0 spiro atoms. The number of aliphatic imine (C=N–C) groups is 1. The minimum atomic E-state index is 0.121. The summed E-state index contributed by atoms with van der Waals surface area (Å²) in [5.74, 6) is 0. The number of hydrogen-bond donors (Lipinski definition) is 1. The Hall–Kier alpha value is -0.510. The second-order valence-corrected chi connectivity index (χ2v) is 2.94. The SMILES string of the molecule is OSC(Cl)=Nc1ccccc1. The fourth-order valence-electron chi connectivity index (χ4n) is 0.624. The molecule has 1 aromatic carbocycles. The van der Waals surface area contributed by atoms with E-state index in [1.807, 2.05) is 18.2 Å². The Bertz CT molecular complexity index is 250. The van der Waals surface area contributed by atoms with Crippen LogP contribution in [0.4, 0.5) is 5.69 Å². The summed E-state index contributed by atoms with van der Waals surface area (Å²) in [4.78, 5) is 3.87. The predicted octanol–water partition coefficient (Wildman–Crippen LogP) is 3.12. The molecule has 2 nitrogen and oxygen atoms in total. The van der Waals surface area contributed by atoms with Crippen molar-refractivity contribution in [3.63, 3.8) is 0 Å².